The van der Waals surface area contributed by atoms with Gasteiger partial charge in [-0.25, -0.2) is 4.39 Å². The highest BCUT2D eigenvalue weighted by Crippen LogP contribution is 2.58. The van der Waals surface area contributed by atoms with E-state index in [1.54, 1.807) is 18.4 Å². The quantitative estimate of drug-likeness (QED) is 0.344. The molecule has 3 heteroatoms. The Bertz CT molecular complexity index is 1640. The zero-order valence-corrected chi connectivity index (χ0v) is 20.3. The van der Waals surface area contributed by atoms with Gasteiger partial charge in [-0.2, -0.15) is 0 Å². The summed E-state index contributed by atoms with van der Waals surface area (Å²) in [6.07, 6.45) is 19.4. The number of hydrogen-bond acceptors (Lipinski definition) is 2. The van der Waals surface area contributed by atoms with Crippen LogP contribution in [0.3, 0.4) is 0 Å². The number of halogens is 1. The Morgan fingerprint density at radius 3 is 2.68 bits per heavy atom. The lowest BCUT2D eigenvalue weighted by atomic mass is 9.65. The first-order chi connectivity index (χ1) is 18.2. The van der Waals surface area contributed by atoms with Crippen molar-refractivity contribution in [3.05, 3.63) is 154 Å². The Hall–Kier alpha value is -4.11. The smallest absolute Gasteiger partial charge is 0.149 e. The van der Waals surface area contributed by atoms with Crippen LogP contribution in [0.25, 0.3) is 11.6 Å². The molecule has 2 nitrogen and oxygen atoms in total. The SMILES string of the molecule is Fc1ccccc1C1(c2ccccc2)C=Cc2oc3c(c2C1)C1C(=CC2=C1CC=CC2)C1OC=CC=C31. The largest absolute Gasteiger partial charge is 0.489 e. The van der Waals surface area contributed by atoms with E-state index in [-0.39, 0.29) is 17.8 Å². The first kappa shape index (κ1) is 21.0. The van der Waals surface area contributed by atoms with E-state index in [4.69, 9.17) is 9.15 Å². The molecule has 0 saturated carbocycles. The molecule has 180 valence electrons. The Kier molecular flexibility index (Phi) is 4.37. The predicted molar refractivity (Wildman–Crippen MR) is 143 cm³/mol. The Morgan fingerprint density at radius 1 is 0.946 bits per heavy atom. The van der Waals surface area contributed by atoms with E-state index in [2.05, 4.69) is 48.6 Å². The molecule has 3 unspecified atom stereocenters. The average Bonchev–Trinajstić information content (AvgIpc) is 3.52. The number of rotatable bonds is 2. The maximum absolute atomic E-state index is 15.5. The molecule has 0 N–H and O–H groups in total. The van der Waals surface area contributed by atoms with Crippen LogP contribution in [-0.2, 0) is 16.6 Å². The number of benzene rings is 2. The van der Waals surface area contributed by atoms with Gasteiger partial charge >= 0.3 is 0 Å². The van der Waals surface area contributed by atoms with Crippen LogP contribution in [0.2, 0.25) is 0 Å². The number of hydrogen-bond donors (Lipinski definition) is 0. The topological polar surface area (TPSA) is 22.4 Å². The molecule has 0 radical (unpaired) electrons. The zero-order valence-electron chi connectivity index (χ0n) is 20.3. The number of furan rings is 1. The van der Waals surface area contributed by atoms with Crippen molar-refractivity contribution in [2.45, 2.75) is 36.7 Å². The van der Waals surface area contributed by atoms with Crippen molar-refractivity contribution >= 4 is 11.6 Å². The van der Waals surface area contributed by atoms with Gasteiger partial charge < -0.3 is 9.15 Å². The third kappa shape index (κ3) is 2.86. The molecule has 0 spiro atoms. The third-order valence-electron chi connectivity index (χ3n) is 8.68. The lowest BCUT2D eigenvalue weighted by molar-refractivity contribution is 0.212. The second kappa shape index (κ2) is 7.69. The van der Waals surface area contributed by atoms with E-state index >= 15 is 4.39 Å². The molecule has 0 bridgehead atoms. The Labute approximate surface area is 215 Å². The molecule has 1 aromatic heterocycles. The molecule has 3 aromatic rings. The van der Waals surface area contributed by atoms with Crippen LogP contribution >= 0.6 is 0 Å². The monoisotopic (exact) mass is 484 g/mol. The first-order valence-corrected chi connectivity index (χ1v) is 13.0. The van der Waals surface area contributed by atoms with Crippen molar-refractivity contribution in [2.24, 2.45) is 0 Å². The van der Waals surface area contributed by atoms with Crippen LogP contribution in [0.1, 0.15) is 52.5 Å². The molecule has 3 atom stereocenters. The van der Waals surface area contributed by atoms with Crippen LogP contribution in [0, 0.1) is 5.82 Å². The summed E-state index contributed by atoms with van der Waals surface area (Å²) in [5.41, 5.74) is 8.79. The van der Waals surface area contributed by atoms with Gasteiger partial charge in [-0.05, 0) is 60.3 Å². The summed E-state index contributed by atoms with van der Waals surface area (Å²) in [5, 5.41) is 0. The van der Waals surface area contributed by atoms with Crippen LogP contribution in [-0.4, -0.2) is 6.10 Å². The molecule has 5 aliphatic rings. The van der Waals surface area contributed by atoms with Crippen molar-refractivity contribution in [1.29, 1.82) is 0 Å². The minimum Gasteiger partial charge on any atom is -0.489 e. The van der Waals surface area contributed by atoms with E-state index < -0.39 is 5.41 Å². The summed E-state index contributed by atoms with van der Waals surface area (Å²) < 4.78 is 28.3. The molecule has 2 heterocycles. The summed E-state index contributed by atoms with van der Waals surface area (Å²) >= 11 is 0. The van der Waals surface area contributed by atoms with E-state index in [1.807, 2.05) is 36.4 Å². The first-order valence-electron chi connectivity index (χ1n) is 13.0. The molecule has 2 aromatic carbocycles. The van der Waals surface area contributed by atoms with Crippen molar-refractivity contribution < 1.29 is 13.5 Å². The highest BCUT2D eigenvalue weighted by Gasteiger charge is 2.48. The van der Waals surface area contributed by atoms with Gasteiger partial charge in [-0.15, -0.1) is 0 Å². The minimum absolute atomic E-state index is 0.130. The average molecular weight is 485 g/mol. The standard InChI is InChI=1S/C34H25FO2/c35-28-15-7-6-14-27(28)34(22-10-2-1-3-11-22)17-16-29-26(20-34)31-30-23-12-5-4-9-21(23)19-25(30)32-24(33(31)37-29)13-8-18-36-32/h1-8,10-11,13-19,30,32H,9,12,20H2. The van der Waals surface area contributed by atoms with Gasteiger partial charge in [0, 0.05) is 33.6 Å². The molecule has 37 heavy (non-hydrogen) atoms. The second-order valence-electron chi connectivity index (χ2n) is 10.5. The fraction of sp³-hybridized carbons (Fsp3) is 0.176. The normalized spacial score (nSPS) is 26.4. The maximum atomic E-state index is 15.5. The summed E-state index contributed by atoms with van der Waals surface area (Å²) in [7, 11) is 0. The summed E-state index contributed by atoms with van der Waals surface area (Å²) in [5.74, 6) is 1.75. The molecular formula is C34H25FO2. The molecule has 0 amide bonds. The maximum Gasteiger partial charge on any atom is 0.149 e. The van der Waals surface area contributed by atoms with Crippen LogP contribution in [0.15, 0.2) is 118 Å². The van der Waals surface area contributed by atoms with Crippen LogP contribution < -0.4 is 0 Å². The van der Waals surface area contributed by atoms with E-state index in [0.29, 0.717) is 12.0 Å². The van der Waals surface area contributed by atoms with Gasteiger partial charge in [-0.3, -0.25) is 0 Å². The van der Waals surface area contributed by atoms with Gasteiger partial charge in [0.1, 0.15) is 23.4 Å². The summed E-state index contributed by atoms with van der Waals surface area (Å²) in [6.45, 7) is 0. The minimum atomic E-state index is -0.627. The van der Waals surface area contributed by atoms with E-state index in [9.17, 15) is 0 Å². The van der Waals surface area contributed by atoms with Crippen molar-refractivity contribution in [2.75, 3.05) is 0 Å². The molecule has 0 fully saturated rings. The van der Waals surface area contributed by atoms with Gasteiger partial charge in [0.05, 0.1) is 6.26 Å². The zero-order chi connectivity index (χ0) is 24.6. The van der Waals surface area contributed by atoms with Crippen molar-refractivity contribution in [3.63, 3.8) is 0 Å². The number of allylic oxidation sites excluding steroid dienone is 8. The predicted octanol–water partition coefficient (Wildman–Crippen LogP) is 7.95. The lowest BCUT2D eigenvalue weighted by Crippen LogP contribution is -2.33. The second-order valence-corrected chi connectivity index (χ2v) is 10.5. The number of fused-ring (bicyclic) bond motifs is 9. The van der Waals surface area contributed by atoms with Crippen molar-refractivity contribution in [3.8, 4) is 0 Å². The van der Waals surface area contributed by atoms with Gasteiger partial charge in [-0.1, -0.05) is 78.4 Å². The molecule has 1 aliphatic heterocycles. The highest BCUT2D eigenvalue weighted by molar-refractivity contribution is 5.83. The van der Waals surface area contributed by atoms with Gasteiger partial charge in [0.25, 0.3) is 0 Å². The van der Waals surface area contributed by atoms with Crippen molar-refractivity contribution in [1.82, 2.24) is 0 Å². The van der Waals surface area contributed by atoms with Crippen LogP contribution in [0.5, 0.6) is 0 Å². The highest BCUT2D eigenvalue weighted by atomic mass is 19.1. The molecule has 8 rings (SSSR count). The summed E-state index contributed by atoms with van der Waals surface area (Å²) in [4.78, 5) is 0. The third-order valence-corrected chi connectivity index (χ3v) is 8.68. The van der Waals surface area contributed by atoms with E-state index in [0.717, 1.165) is 35.5 Å². The fourth-order valence-electron chi connectivity index (χ4n) is 7.06. The molecule has 0 saturated heterocycles. The van der Waals surface area contributed by atoms with Crippen LogP contribution in [0.4, 0.5) is 4.39 Å². The number of ether oxygens (including phenoxy) is 1. The molecule has 4 aliphatic carbocycles. The lowest BCUT2D eigenvalue weighted by Gasteiger charge is -2.37. The Balaban J connectivity index is 1.37. The van der Waals surface area contributed by atoms with Gasteiger partial charge in [0.15, 0.2) is 0 Å². The fourth-order valence-corrected chi connectivity index (χ4v) is 7.06. The van der Waals surface area contributed by atoms with E-state index in [1.165, 1.54) is 27.8 Å². The molecular weight excluding hydrogens is 459 g/mol. The summed E-state index contributed by atoms with van der Waals surface area (Å²) in [6, 6.07) is 17.5. The Morgan fingerprint density at radius 2 is 1.78 bits per heavy atom. The van der Waals surface area contributed by atoms with Gasteiger partial charge in [0.2, 0.25) is 0 Å².